The molecule has 0 atom stereocenters. The summed E-state index contributed by atoms with van der Waals surface area (Å²) in [4.78, 5) is 52.2. The fourth-order valence-electron chi connectivity index (χ4n) is 4.86. The summed E-state index contributed by atoms with van der Waals surface area (Å²) in [5.74, 6) is -1.60. The molecule has 0 radical (unpaired) electrons. The van der Waals surface area contributed by atoms with E-state index >= 15 is 0 Å². The van der Waals surface area contributed by atoms with Crippen LogP contribution in [0.1, 0.15) is 70.9 Å². The number of nitrogens with two attached hydrogens (primary N) is 1. The molecule has 34 heavy (non-hydrogen) atoms. The lowest BCUT2D eigenvalue weighted by Gasteiger charge is -2.42. The number of rotatable bonds is 8. The lowest BCUT2D eigenvalue weighted by molar-refractivity contribution is -0.125. The number of aromatic nitrogens is 2. The number of nitrogen functional groups attached to an aromatic ring is 1. The number of hydrogen-bond donors (Lipinski definition) is 5. The lowest BCUT2D eigenvalue weighted by Crippen LogP contribution is -2.50. The van der Waals surface area contributed by atoms with Crippen molar-refractivity contribution in [2.24, 2.45) is 11.1 Å². The highest BCUT2D eigenvalue weighted by Crippen LogP contribution is 2.42. The number of carbonyl (C=O) groups is 2. The van der Waals surface area contributed by atoms with Crippen molar-refractivity contribution >= 4 is 17.8 Å². The molecule has 1 aliphatic heterocycles. The van der Waals surface area contributed by atoms with Crippen molar-refractivity contribution in [3.8, 4) is 5.88 Å². The zero-order chi connectivity index (χ0) is 25.4. The average molecular weight is 479 g/mol. The van der Waals surface area contributed by atoms with Crippen molar-refractivity contribution in [3.63, 3.8) is 0 Å². The molecule has 0 unspecified atom stereocenters. The van der Waals surface area contributed by atoms with E-state index in [-0.39, 0.29) is 24.5 Å². The van der Waals surface area contributed by atoms with Gasteiger partial charge in [-0.05, 0) is 57.8 Å². The van der Waals surface area contributed by atoms with Gasteiger partial charge in [-0.15, -0.1) is 0 Å². The second kappa shape index (κ2) is 9.24. The molecule has 1 saturated heterocycles. The van der Waals surface area contributed by atoms with Crippen LogP contribution in [0, 0.1) is 10.8 Å². The van der Waals surface area contributed by atoms with E-state index < -0.39 is 46.1 Å². The zero-order valence-corrected chi connectivity index (χ0v) is 19.9. The van der Waals surface area contributed by atoms with Crippen molar-refractivity contribution in [1.29, 1.82) is 5.41 Å². The molecule has 0 spiro atoms. The Labute approximate surface area is 196 Å². The van der Waals surface area contributed by atoms with E-state index in [1.165, 1.54) is 4.90 Å². The number of aromatic hydroxyl groups is 1. The Morgan fingerprint density at radius 2 is 1.76 bits per heavy atom. The Bertz CT molecular complexity index is 1110. The minimum atomic E-state index is -0.955. The third-order valence-corrected chi connectivity index (χ3v) is 7.17. The summed E-state index contributed by atoms with van der Waals surface area (Å²) < 4.78 is 2.11. The van der Waals surface area contributed by atoms with E-state index in [4.69, 9.17) is 16.2 Å². The Morgan fingerprint density at radius 1 is 1.15 bits per heavy atom. The largest absolute Gasteiger partial charge is 0.494 e. The number of nitrogens with zero attached hydrogens (tertiary/aromatic N) is 3. The van der Waals surface area contributed by atoms with E-state index in [0.717, 1.165) is 9.13 Å². The Hall–Kier alpha value is -3.15. The maximum absolute atomic E-state index is 13.2. The highest BCUT2D eigenvalue weighted by atomic mass is 16.3. The predicted octanol–water partition coefficient (Wildman–Crippen LogP) is 0.224. The van der Waals surface area contributed by atoms with Crippen molar-refractivity contribution < 1.29 is 19.8 Å². The SMILES string of the molecule is CC1(CN2C(=O)NC(=O)C2(C)C)CCC(n2c(=O)c(C(=N)N)c(O)n(CCCCO)c2=O)CC1. The summed E-state index contributed by atoms with van der Waals surface area (Å²) >= 11 is 0. The maximum Gasteiger partial charge on any atom is 0.334 e. The molecule has 2 fully saturated rings. The van der Waals surface area contributed by atoms with Gasteiger partial charge in [0.25, 0.3) is 11.5 Å². The average Bonchev–Trinajstić information content (AvgIpc) is 2.93. The van der Waals surface area contributed by atoms with E-state index in [1.54, 1.807) is 13.8 Å². The first-order valence-electron chi connectivity index (χ1n) is 11.5. The van der Waals surface area contributed by atoms with Gasteiger partial charge in [0, 0.05) is 25.7 Å². The minimum absolute atomic E-state index is 0.0728. The van der Waals surface area contributed by atoms with Gasteiger partial charge in [0.1, 0.15) is 16.9 Å². The van der Waals surface area contributed by atoms with Crippen LogP contribution in [-0.2, 0) is 11.3 Å². The molecule has 12 heteroatoms. The molecule has 12 nitrogen and oxygen atoms in total. The molecule has 1 saturated carbocycles. The van der Waals surface area contributed by atoms with Crippen LogP contribution in [-0.4, -0.2) is 60.7 Å². The summed E-state index contributed by atoms with van der Waals surface area (Å²) in [6.45, 7) is 5.76. The smallest absolute Gasteiger partial charge is 0.334 e. The quantitative estimate of drug-likeness (QED) is 0.153. The minimum Gasteiger partial charge on any atom is -0.494 e. The highest BCUT2D eigenvalue weighted by Gasteiger charge is 2.48. The standard InChI is InChI=1S/C22H34N6O6/c1-21(2)18(32)25-19(33)27(21)12-22(3)8-6-13(7-9-22)28-17(31)14(15(23)24)16(30)26(20(28)34)10-4-5-11-29/h13,29-30H,4-12H2,1-3H3,(H3,23,24)(H,25,32,33). The van der Waals surface area contributed by atoms with E-state index in [1.807, 2.05) is 6.92 Å². The van der Waals surface area contributed by atoms with Gasteiger partial charge in [0.15, 0.2) is 0 Å². The molecular weight excluding hydrogens is 444 g/mol. The molecule has 0 bridgehead atoms. The fraction of sp³-hybridized carbons (Fsp3) is 0.682. The Kier molecular flexibility index (Phi) is 6.92. The molecule has 1 aliphatic carbocycles. The first-order chi connectivity index (χ1) is 15.8. The number of hydrogen-bond acceptors (Lipinski definition) is 7. The highest BCUT2D eigenvalue weighted by molar-refractivity contribution is 6.06. The normalized spacial score (nSPS) is 24.4. The van der Waals surface area contributed by atoms with Crippen LogP contribution in [0.2, 0.25) is 0 Å². The Balaban J connectivity index is 1.88. The molecule has 0 aromatic carbocycles. The van der Waals surface area contributed by atoms with Crippen LogP contribution in [0.15, 0.2) is 9.59 Å². The molecule has 3 amide bonds. The summed E-state index contributed by atoms with van der Waals surface area (Å²) in [7, 11) is 0. The number of carbonyl (C=O) groups excluding carboxylic acids is 2. The number of nitrogens with one attached hydrogen (secondary N) is 2. The molecule has 2 heterocycles. The van der Waals surface area contributed by atoms with Crippen LogP contribution < -0.4 is 22.3 Å². The molecule has 3 rings (SSSR count). The molecule has 188 valence electrons. The predicted molar refractivity (Wildman–Crippen MR) is 124 cm³/mol. The van der Waals surface area contributed by atoms with E-state index in [2.05, 4.69) is 5.32 Å². The first kappa shape index (κ1) is 25.5. The summed E-state index contributed by atoms with van der Waals surface area (Å²) in [5.41, 5.74) is 2.40. The van der Waals surface area contributed by atoms with Gasteiger partial charge in [-0.25, -0.2) is 9.59 Å². The Morgan fingerprint density at radius 3 is 2.26 bits per heavy atom. The number of aliphatic hydroxyl groups excluding tert-OH is 1. The first-order valence-corrected chi connectivity index (χ1v) is 11.5. The molecular formula is C22H34N6O6. The maximum atomic E-state index is 13.2. The van der Waals surface area contributed by atoms with Crippen LogP contribution in [0.4, 0.5) is 4.79 Å². The van der Waals surface area contributed by atoms with Gasteiger partial charge in [-0.2, -0.15) is 0 Å². The van der Waals surface area contributed by atoms with E-state index in [0.29, 0.717) is 45.1 Å². The van der Waals surface area contributed by atoms with Gasteiger partial charge < -0.3 is 20.8 Å². The fourth-order valence-corrected chi connectivity index (χ4v) is 4.86. The van der Waals surface area contributed by atoms with Gasteiger partial charge in [-0.3, -0.25) is 29.4 Å². The van der Waals surface area contributed by atoms with E-state index in [9.17, 15) is 24.3 Å². The second-order valence-corrected chi connectivity index (χ2v) is 10.1. The molecule has 2 aliphatic rings. The number of unbranched alkanes of at least 4 members (excludes halogenated alkanes) is 1. The zero-order valence-electron chi connectivity index (χ0n) is 19.9. The summed E-state index contributed by atoms with van der Waals surface area (Å²) in [6.07, 6.45) is 2.93. The summed E-state index contributed by atoms with van der Waals surface area (Å²) in [5, 5.41) is 29.6. The number of amides is 3. The van der Waals surface area contributed by atoms with Crippen LogP contribution >= 0.6 is 0 Å². The van der Waals surface area contributed by atoms with Crippen molar-refractivity contribution in [3.05, 3.63) is 26.4 Å². The van der Waals surface area contributed by atoms with Crippen molar-refractivity contribution in [2.45, 2.75) is 77.4 Å². The molecule has 1 aromatic rings. The van der Waals surface area contributed by atoms with Crippen LogP contribution in [0.5, 0.6) is 5.88 Å². The number of aliphatic hydroxyl groups is 1. The third-order valence-electron chi connectivity index (χ3n) is 7.17. The van der Waals surface area contributed by atoms with Gasteiger partial charge >= 0.3 is 11.7 Å². The van der Waals surface area contributed by atoms with Gasteiger partial charge in [0.2, 0.25) is 5.88 Å². The molecule has 1 aromatic heterocycles. The molecule has 6 N–H and O–H groups in total. The number of urea groups is 1. The monoisotopic (exact) mass is 478 g/mol. The second-order valence-electron chi connectivity index (χ2n) is 10.1. The topological polar surface area (TPSA) is 184 Å². The van der Waals surface area contributed by atoms with Gasteiger partial charge in [-0.1, -0.05) is 6.92 Å². The lowest BCUT2D eigenvalue weighted by atomic mass is 9.73. The third kappa shape index (κ3) is 4.46. The van der Waals surface area contributed by atoms with Crippen molar-refractivity contribution in [1.82, 2.24) is 19.4 Å². The van der Waals surface area contributed by atoms with Crippen LogP contribution in [0.3, 0.4) is 0 Å². The summed E-state index contributed by atoms with van der Waals surface area (Å²) in [6, 6.07) is -0.886. The number of imide groups is 1. The van der Waals surface area contributed by atoms with Crippen LogP contribution in [0.25, 0.3) is 0 Å². The number of amidine groups is 1. The van der Waals surface area contributed by atoms with Crippen molar-refractivity contribution in [2.75, 3.05) is 13.2 Å². The van der Waals surface area contributed by atoms with Gasteiger partial charge in [0.05, 0.1) is 0 Å².